The lowest BCUT2D eigenvalue weighted by molar-refractivity contribution is 0.240. The van der Waals surface area contributed by atoms with Crippen molar-refractivity contribution in [2.24, 2.45) is 5.73 Å². The number of unbranched alkanes of at least 4 members (excludes halogenated alkanes) is 1. The fourth-order valence-electron chi connectivity index (χ4n) is 2.36. The zero-order valence-corrected chi connectivity index (χ0v) is 9.84. The first kappa shape index (κ1) is 12.0. The predicted molar refractivity (Wildman–Crippen MR) is 62.4 cm³/mol. The van der Waals surface area contributed by atoms with Crippen LogP contribution in [0.25, 0.3) is 0 Å². The Hall–Kier alpha value is -0.0800. The summed E-state index contributed by atoms with van der Waals surface area (Å²) in [6.07, 6.45) is 9.50. The molecular formula is C12H26N2. The van der Waals surface area contributed by atoms with E-state index in [1.54, 1.807) is 0 Å². The Balaban J connectivity index is 1.99. The summed E-state index contributed by atoms with van der Waals surface area (Å²) < 4.78 is 0. The lowest BCUT2D eigenvalue weighted by Crippen LogP contribution is -2.30. The monoisotopic (exact) mass is 198 g/mol. The first-order valence-electron chi connectivity index (χ1n) is 6.16. The molecule has 1 saturated carbocycles. The second-order valence-corrected chi connectivity index (χ2v) is 4.89. The summed E-state index contributed by atoms with van der Waals surface area (Å²) in [7, 11) is 2.28. The zero-order valence-electron chi connectivity index (χ0n) is 9.84. The number of nitrogens with zero attached hydrogens (tertiary/aromatic N) is 1. The molecule has 1 unspecified atom stereocenters. The lowest BCUT2D eigenvalue weighted by atomic mass is 10.1. The standard InChI is InChI=1S/C12H26N2/c1-11(13)7-5-6-10-14(2)12-8-3-4-9-12/h11-12H,3-10,13H2,1-2H3. The molecule has 0 amide bonds. The number of rotatable bonds is 6. The highest BCUT2D eigenvalue weighted by Crippen LogP contribution is 2.22. The third kappa shape index (κ3) is 4.43. The summed E-state index contributed by atoms with van der Waals surface area (Å²) in [4.78, 5) is 2.55. The molecule has 1 aliphatic carbocycles. The normalized spacial score (nSPS) is 20.6. The van der Waals surface area contributed by atoms with E-state index in [4.69, 9.17) is 5.73 Å². The quantitative estimate of drug-likeness (QED) is 0.664. The molecular weight excluding hydrogens is 172 g/mol. The molecule has 0 aliphatic heterocycles. The van der Waals surface area contributed by atoms with Crippen LogP contribution in [-0.2, 0) is 0 Å². The van der Waals surface area contributed by atoms with Crippen molar-refractivity contribution in [2.45, 2.75) is 64.0 Å². The Bertz CT molecular complexity index is 139. The Morgan fingerprint density at radius 1 is 1.29 bits per heavy atom. The summed E-state index contributed by atoms with van der Waals surface area (Å²) in [5.74, 6) is 0. The molecule has 1 fully saturated rings. The van der Waals surface area contributed by atoms with Crippen LogP contribution in [0.15, 0.2) is 0 Å². The van der Waals surface area contributed by atoms with Crippen molar-refractivity contribution < 1.29 is 0 Å². The minimum absolute atomic E-state index is 0.381. The molecule has 84 valence electrons. The molecule has 1 aliphatic rings. The molecule has 0 radical (unpaired) electrons. The van der Waals surface area contributed by atoms with Gasteiger partial charge in [-0.05, 0) is 46.2 Å². The van der Waals surface area contributed by atoms with Gasteiger partial charge in [0.15, 0.2) is 0 Å². The molecule has 1 atom stereocenters. The van der Waals surface area contributed by atoms with E-state index in [0.29, 0.717) is 6.04 Å². The number of nitrogens with two attached hydrogens (primary N) is 1. The van der Waals surface area contributed by atoms with Gasteiger partial charge in [-0.15, -0.1) is 0 Å². The second kappa shape index (κ2) is 6.41. The average Bonchev–Trinajstić information content (AvgIpc) is 2.64. The van der Waals surface area contributed by atoms with E-state index in [9.17, 15) is 0 Å². The molecule has 2 N–H and O–H groups in total. The van der Waals surface area contributed by atoms with Crippen molar-refractivity contribution in [3.63, 3.8) is 0 Å². The first-order chi connectivity index (χ1) is 6.70. The Morgan fingerprint density at radius 3 is 2.50 bits per heavy atom. The maximum Gasteiger partial charge on any atom is 0.00922 e. The molecule has 0 saturated heterocycles. The Morgan fingerprint density at radius 2 is 1.93 bits per heavy atom. The van der Waals surface area contributed by atoms with Crippen LogP contribution in [0.3, 0.4) is 0 Å². The first-order valence-corrected chi connectivity index (χ1v) is 6.16. The van der Waals surface area contributed by atoms with E-state index in [2.05, 4.69) is 18.9 Å². The van der Waals surface area contributed by atoms with Crippen LogP contribution >= 0.6 is 0 Å². The molecule has 0 aromatic heterocycles. The highest BCUT2D eigenvalue weighted by atomic mass is 15.1. The smallest absolute Gasteiger partial charge is 0.00922 e. The van der Waals surface area contributed by atoms with Gasteiger partial charge in [0.25, 0.3) is 0 Å². The van der Waals surface area contributed by atoms with E-state index < -0.39 is 0 Å². The Kier molecular flexibility index (Phi) is 5.49. The van der Waals surface area contributed by atoms with Crippen LogP contribution in [-0.4, -0.2) is 30.6 Å². The molecule has 0 spiro atoms. The van der Waals surface area contributed by atoms with Crippen LogP contribution < -0.4 is 5.73 Å². The van der Waals surface area contributed by atoms with Gasteiger partial charge in [-0.2, -0.15) is 0 Å². The van der Waals surface area contributed by atoms with Gasteiger partial charge in [0.2, 0.25) is 0 Å². The van der Waals surface area contributed by atoms with Crippen LogP contribution in [0.4, 0.5) is 0 Å². The summed E-state index contributed by atoms with van der Waals surface area (Å²) >= 11 is 0. The van der Waals surface area contributed by atoms with E-state index in [1.165, 1.54) is 51.5 Å². The van der Waals surface area contributed by atoms with E-state index in [1.807, 2.05) is 0 Å². The molecule has 2 heteroatoms. The third-order valence-corrected chi connectivity index (χ3v) is 3.37. The fourth-order valence-corrected chi connectivity index (χ4v) is 2.36. The van der Waals surface area contributed by atoms with Gasteiger partial charge in [-0.25, -0.2) is 0 Å². The summed E-state index contributed by atoms with van der Waals surface area (Å²) in [5.41, 5.74) is 5.72. The topological polar surface area (TPSA) is 29.3 Å². The zero-order chi connectivity index (χ0) is 10.4. The minimum atomic E-state index is 0.381. The molecule has 1 rings (SSSR count). The van der Waals surface area contributed by atoms with Crippen LogP contribution in [0.5, 0.6) is 0 Å². The third-order valence-electron chi connectivity index (χ3n) is 3.37. The lowest BCUT2D eigenvalue weighted by Gasteiger charge is -2.23. The summed E-state index contributed by atoms with van der Waals surface area (Å²) in [6.45, 7) is 3.36. The van der Waals surface area contributed by atoms with Crippen molar-refractivity contribution in [1.82, 2.24) is 4.90 Å². The van der Waals surface area contributed by atoms with Gasteiger partial charge in [0.1, 0.15) is 0 Å². The summed E-state index contributed by atoms with van der Waals surface area (Å²) in [5, 5.41) is 0. The number of hydrogen-bond donors (Lipinski definition) is 1. The summed E-state index contributed by atoms with van der Waals surface area (Å²) in [6, 6.07) is 1.26. The number of hydrogen-bond acceptors (Lipinski definition) is 2. The van der Waals surface area contributed by atoms with E-state index >= 15 is 0 Å². The maximum absolute atomic E-state index is 5.72. The van der Waals surface area contributed by atoms with Crippen LogP contribution in [0.2, 0.25) is 0 Å². The van der Waals surface area contributed by atoms with Crippen molar-refractivity contribution in [1.29, 1.82) is 0 Å². The van der Waals surface area contributed by atoms with Gasteiger partial charge < -0.3 is 10.6 Å². The molecule has 0 aromatic rings. The molecule has 0 aromatic carbocycles. The highest BCUT2D eigenvalue weighted by molar-refractivity contribution is 4.74. The van der Waals surface area contributed by atoms with Crippen molar-refractivity contribution in [2.75, 3.05) is 13.6 Å². The largest absolute Gasteiger partial charge is 0.328 e. The molecule has 0 heterocycles. The van der Waals surface area contributed by atoms with Gasteiger partial charge in [0.05, 0.1) is 0 Å². The SMILES string of the molecule is CC(N)CCCCN(C)C1CCCC1. The van der Waals surface area contributed by atoms with Gasteiger partial charge in [-0.3, -0.25) is 0 Å². The molecule has 0 bridgehead atoms. The van der Waals surface area contributed by atoms with Crippen molar-refractivity contribution in [3.05, 3.63) is 0 Å². The maximum atomic E-state index is 5.72. The average molecular weight is 198 g/mol. The van der Waals surface area contributed by atoms with Crippen molar-refractivity contribution >= 4 is 0 Å². The van der Waals surface area contributed by atoms with Crippen LogP contribution in [0.1, 0.15) is 51.9 Å². The van der Waals surface area contributed by atoms with Gasteiger partial charge >= 0.3 is 0 Å². The van der Waals surface area contributed by atoms with Gasteiger partial charge in [0, 0.05) is 12.1 Å². The molecule has 2 nitrogen and oxygen atoms in total. The fraction of sp³-hybridized carbons (Fsp3) is 1.00. The van der Waals surface area contributed by atoms with E-state index in [-0.39, 0.29) is 0 Å². The van der Waals surface area contributed by atoms with E-state index in [0.717, 1.165) is 6.04 Å². The highest BCUT2D eigenvalue weighted by Gasteiger charge is 2.18. The second-order valence-electron chi connectivity index (χ2n) is 4.89. The Labute approximate surface area is 88.8 Å². The molecule has 14 heavy (non-hydrogen) atoms. The van der Waals surface area contributed by atoms with Gasteiger partial charge in [-0.1, -0.05) is 19.3 Å². The predicted octanol–water partition coefficient (Wildman–Crippen LogP) is 2.38. The van der Waals surface area contributed by atoms with Crippen LogP contribution in [0, 0.1) is 0 Å². The minimum Gasteiger partial charge on any atom is -0.328 e. The van der Waals surface area contributed by atoms with Crippen molar-refractivity contribution in [3.8, 4) is 0 Å².